The van der Waals surface area contributed by atoms with Crippen molar-refractivity contribution in [2.45, 2.75) is 130 Å². The number of hydrogen-bond acceptors (Lipinski definition) is 11. The fourth-order valence-corrected chi connectivity index (χ4v) is 9.16. The van der Waals surface area contributed by atoms with Crippen molar-refractivity contribution in [3.8, 4) is 28.7 Å². The van der Waals surface area contributed by atoms with E-state index >= 15 is 0 Å². The van der Waals surface area contributed by atoms with E-state index in [1.54, 1.807) is 32.1 Å². The number of carboxylic acid groups (broad SMARTS) is 2. The highest BCUT2D eigenvalue weighted by molar-refractivity contribution is 6.17. The first-order valence-corrected chi connectivity index (χ1v) is 21.8. The SMILES string of the molecule is CC(C)=CCCC1(C)C=Cc2c(O)c3c(c(CC=C(C)C)c2O1)OC12C(=CCCC1C(C)(C)OC2(CC=C(C)C(=O)O)C(=O)O)C3=O.CC(C)=CCOc1cc2oc(=O)ccc2cc1O. The van der Waals surface area contributed by atoms with Gasteiger partial charge in [0.2, 0.25) is 5.60 Å². The largest absolute Gasteiger partial charge is 0.506 e. The molecule has 4 heterocycles. The number of Topliss-reactive ketones (excluding diaryl/α,β-unsaturated/α-hetero) is 1. The van der Waals surface area contributed by atoms with Gasteiger partial charge in [-0.3, -0.25) is 4.79 Å². The standard InChI is InChI=1S/C38H46O9.C14H14O4/c1-21(2)11-10-18-36(8)19-17-24-29(39)28-30(40)26-12-9-13-27-35(6,7)47-37(34(43)44,20-16-23(5)33(41)42)38(26,27)46-32(28)25(31(24)45-36)15-14-22(3)4;1-9(2)5-6-17-13-8-12-10(7-11(13)15)3-4-14(16)18-12/h11-12,14,16-17,19,27,39H,9-10,13,15,18,20H2,1-8H3,(H,41,42)(H,43,44);3-5,7-8,15H,6H2,1-2H3. The molecule has 346 valence electrons. The number of ketones is 1. The Kier molecular flexibility index (Phi) is 13.5. The van der Waals surface area contributed by atoms with Crippen molar-refractivity contribution < 1.29 is 58.2 Å². The van der Waals surface area contributed by atoms with E-state index in [-0.39, 0.29) is 40.4 Å². The number of allylic oxidation sites excluding steroid dienone is 6. The molecule has 1 saturated heterocycles. The predicted molar refractivity (Wildman–Crippen MR) is 247 cm³/mol. The zero-order valence-electron chi connectivity index (χ0n) is 38.8. The molecule has 13 heteroatoms. The Labute approximate surface area is 379 Å². The van der Waals surface area contributed by atoms with Crippen molar-refractivity contribution in [2.24, 2.45) is 5.92 Å². The van der Waals surface area contributed by atoms with E-state index in [1.165, 1.54) is 36.8 Å². The summed E-state index contributed by atoms with van der Waals surface area (Å²) in [5.41, 5.74) is -1.57. The molecule has 0 saturated carbocycles. The second-order valence-corrected chi connectivity index (χ2v) is 18.7. The summed E-state index contributed by atoms with van der Waals surface area (Å²) < 4.78 is 30.7. The fourth-order valence-electron chi connectivity index (χ4n) is 9.16. The number of carboxylic acids is 2. The van der Waals surface area contributed by atoms with Crippen LogP contribution in [0.5, 0.6) is 28.7 Å². The van der Waals surface area contributed by atoms with E-state index in [1.807, 2.05) is 66.7 Å². The minimum atomic E-state index is -2.16. The van der Waals surface area contributed by atoms with Crippen molar-refractivity contribution in [3.63, 3.8) is 0 Å². The summed E-state index contributed by atoms with van der Waals surface area (Å²) >= 11 is 0. The van der Waals surface area contributed by atoms with Crippen LogP contribution in [0.15, 0.2) is 97.8 Å². The minimum Gasteiger partial charge on any atom is -0.506 e. The number of fused-ring (bicyclic) bond motifs is 3. The normalized spacial score (nSPS) is 23.4. The highest BCUT2D eigenvalue weighted by Gasteiger charge is 2.77. The van der Waals surface area contributed by atoms with Gasteiger partial charge in [0.1, 0.15) is 40.6 Å². The van der Waals surface area contributed by atoms with Crippen LogP contribution in [-0.4, -0.2) is 67.2 Å². The summed E-state index contributed by atoms with van der Waals surface area (Å²) in [5.74, 6) is -3.20. The summed E-state index contributed by atoms with van der Waals surface area (Å²) in [4.78, 5) is 51.1. The number of phenols is 2. The molecule has 4 atom stereocenters. The highest BCUT2D eigenvalue weighted by atomic mass is 16.6. The van der Waals surface area contributed by atoms with Crippen LogP contribution in [0.4, 0.5) is 0 Å². The first kappa shape index (κ1) is 48.1. The molecular formula is C52H60O13. The average molecular weight is 893 g/mol. The lowest BCUT2D eigenvalue weighted by Crippen LogP contribution is -2.66. The first-order valence-electron chi connectivity index (χ1n) is 21.8. The number of rotatable bonds is 12. The Balaban J connectivity index is 0.000000324. The van der Waals surface area contributed by atoms with Crippen LogP contribution in [0.1, 0.15) is 123 Å². The summed E-state index contributed by atoms with van der Waals surface area (Å²) in [7, 11) is 0. The van der Waals surface area contributed by atoms with Gasteiger partial charge >= 0.3 is 17.6 Å². The maximum Gasteiger partial charge on any atom is 0.340 e. The summed E-state index contributed by atoms with van der Waals surface area (Å²) in [6, 6.07) is 5.94. The van der Waals surface area contributed by atoms with Crippen LogP contribution in [0, 0.1) is 5.92 Å². The average Bonchev–Trinajstić information content (AvgIpc) is 3.42. The number of ether oxygens (including phenoxy) is 4. The van der Waals surface area contributed by atoms with Crippen LogP contribution in [-0.2, 0) is 20.7 Å². The molecule has 1 aromatic heterocycles. The van der Waals surface area contributed by atoms with Crippen molar-refractivity contribution in [3.05, 3.63) is 116 Å². The van der Waals surface area contributed by atoms with E-state index in [0.29, 0.717) is 65.9 Å². The van der Waals surface area contributed by atoms with E-state index in [0.717, 1.165) is 17.6 Å². The molecule has 0 radical (unpaired) electrons. The van der Waals surface area contributed by atoms with Gasteiger partial charge < -0.3 is 43.8 Å². The molecule has 2 aromatic carbocycles. The molecule has 65 heavy (non-hydrogen) atoms. The van der Waals surface area contributed by atoms with Crippen molar-refractivity contribution in [2.75, 3.05) is 6.61 Å². The van der Waals surface area contributed by atoms with Crippen molar-refractivity contribution in [1.29, 1.82) is 0 Å². The lowest BCUT2D eigenvalue weighted by atomic mass is 9.60. The Morgan fingerprint density at radius 2 is 1.57 bits per heavy atom. The third kappa shape index (κ3) is 9.16. The van der Waals surface area contributed by atoms with Gasteiger partial charge in [0.25, 0.3) is 0 Å². The molecular weight excluding hydrogens is 833 g/mol. The number of phenolic OH excluding ortho intramolecular Hbond substituents is 2. The molecule has 4 N–H and O–H groups in total. The van der Waals surface area contributed by atoms with Gasteiger partial charge in [0, 0.05) is 46.6 Å². The molecule has 0 amide bonds. The monoisotopic (exact) mass is 892 g/mol. The Morgan fingerprint density at radius 1 is 0.877 bits per heavy atom. The lowest BCUT2D eigenvalue weighted by Gasteiger charge is -2.50. The topological polar surface area (TPSA) is 199 Å². The smallest absolute Gasteiger partial charge is 0.340 e. The third-order valence-corrected chi connectivity index (χ3v) is 12.5. The molecule has 3 aliphatic heterocycles. The van der Waals surface area contributed by atoms with Crippen LogP contribution < -0.4 is 19.8 Å². The van der Waals surface area contributed by atoms with Gasteiger partial charge in [0.15, 0.2) is 22.9 Å². The summed E-state index contributed by atoms with van der Waals surface area (Å²) in [5, 5.41) is 42.8. The fraction of sp³-hybridized carbons (Fsp3) is 0.423. The molecule has 1 spiro atoms. The third-order valence-electron chi connectivity index (χ3n) is 12.5. The van der Waals surface area contributed by atoms with Gasteiger partial charge in [-0.2, -0.15) is 0 Å². The number of benzene rings is 2. The summed E-state index contributed by atoms with van der Waals surface area (Å²) in [6.07, 6.45) is 15.0. The zero-order valence-corrected chi connectivity index (χ0v) is 38.8. The quantitative estimate of drug-likeness (QED) is 0.0761. The number of carbonyl (C=O) groups excluding carboxylic acids is 1. The Bertz CT molecular complexity index is 2680. The first-order chi connectivity index (χ1) is 30.5. The van der Waals surface area contributed by atoms with Gasteiger partial charge in [-0.1, -0.05) is 41.0 Å². The van der Waals surface area contributed by atoms with Gasteiger partial charge in [-0.05, 0) is 132 Å². The van der Waals surface area contributed by atoms with E-state index in [9.17, 15) is 39.6 Å². The van der Waals surface area contributed by atoms with Gasteiger partial charge in [-0.25, -0.2) is 14.4 Å². The van der Waals surface area contributed by atoms with Crippen LogP contribution in [0.25, 0.3) is 17.0 Å². The molecule has 3 aromatic rings. The molecule has 4 unspecified atom stereocenters. The second-order valence-electron chi connectivity index (χ2n) is 18.7. The predicted octanol–water partition coefficient (Wildman–Crippen LogP) is 10.4. The highest BCUT2D eigenvalue weighted by Crippen LogP contribution is 2.64. The van der Waals surface area contributed by atoms with Crippen LogP contribution >= 0.6 is 0 Å². The van der Waals surface area contributed by atoms with E-state index in [2.05, 4.69) is 6.08 Å². The van der Waals surface area contributed by atoms with Crippen molar-refractivity contribution >= 4 is 34.8 Å². The minimum absolute atomic E-state index is 0.0264. The Morgan fingerprint density at radius 3 is 2.22 bits per heavy atom. The van der Waals surface area contributed by atoms with E-state index < -0.39 is 51.7 Å². The number of hydrogen-bond donors (Lipinski definition) is 4. The van der Waals surface area contributed by atoms with Crippen LogP contribution in [0.3, 0.4) is 0 Å². The maximum absolute atomic E-state index is 14.7. The molecule has 0 bridgehead atoms. The molecule has 13 nitrogen and oxygen atoms in total. The molecule has 1 fully saturated rings. The number of carbonyl (C=O) groups is 3. The zero-order chi connectivity index (χ0) is 47.8. The van der Waals surface area contributed by atoms with E-state index in [4.69, 9.17) is 23.4 Å². The Hall–Kier alpha value is -6.34. The van der Waals surface area contributed by atoms with Gasteiger partial charge in [-0.15, -0.1) is 0 Å². The number of aromatic hydroxyl groups is 2. The summed E-state index contributed by atoms with van der Waals surface area (Å²) in [6.45, 7) is 19.2. The van der Waals surface area contributed by atoms with Crippen molar-refractivity contribution in [1.82, 2.24) is 0 Å². The second kappa shape index (κ2) is 18.3. The lowest BCUT2D eigenvalue weighted by molar-refractivity contribution is -0.184. The maximum atomic E-state index is 14.7. The number of aliphatic carboxylic acids is 2. The van der Waals surface area contributed by atoms with Gasteiger partial charge in [0.05, 0.1) is 11.2 Å². The molecule has 1 aliphatic carbocycles. The molecule has 7 rings (SSSR count). The van der Waals surface area contributed by atoms with Crippen LogP contribution in [0.2, 0.25) is 0 Å². The molecule has 4 aliphatic rings.